The number of para-hydroxylation sites is 1. The summed E-state index contributed by atoms with van der Waals surface area (Å²) >= 11 is 0. The second-order valence-electron chi connectivity index (χ2n) is 7.59. The van der Waals surface area contributed by atoms with E-state index >= 15 is 0 Å². The minimum Gasteiger partial charge on any atom is -0.497 e. The van der Waals surface area contributed by atoms with Gasteiger partial charge in [0, 0.05) is 26.2 Å². The molecular weight excluding hydrogens is 439 g/mol. The quantitative estimate of drug-likeness (QED) is 0.649. The molecule has 1 aliphatic heterocycles. The number of nitrogens with one attached hydrogen (secondary N) is 1. The van der Waals surface area contributed by atoms with E-state index in [1.807, 2.05) is 24.3 Å². The Morgan fingerprint density at radius 2 is 1.76 bits per heavy atom. The molecule has 0 aromatic heterocycles. The van der Waals surface area contributed by atoms with Crippen LogP contribution in [-0.2, 0) is 27.1 Å². The fourth-order valence-corrected chi connectivity index (χ4v) is 3.50. The lowest BCUT2D eigenvalue weighted by atomic mass is 10.1. The molecule has 0 saturated carbocycles. The molecule has 1 saturated heterocycles. The normalized spacial score (nSPS) is 14.7. The number of hydrogen-bond donors (Lipinski definition) is 1. The van der Waals surface area contributed by atoms with E-state index < -0.39 is 17.6 Å². The molecule has 0 spiro atoms. The number of halogens is 3. The van der Waals surface area contributed by atoms with E-state index in [1.165, 1.54) is 18.2 Å². The Morgan fingerprint density at radius 3 is 2.45 bits per heavy atom. The van der Waals surface area contributed by atoms with Crippen molar-refractivity contribution in [3.8, 4) is 5.75 Å². The maximum Gasteiger partial charge on any atom is 0.418 e. The van der Waals surface area contributed by atoms with Gasteiger partial charge in [0.1, 0.15) is 12.4 Å². The van der Waals surface area contributed by atoms with Crippen molar-refractivity contribution in [1.29, 1.82) is 0 Å². The van der Waals surface area contributed by atoms with Gasteiger partial charge in [0.25, 0.3) is 0 Å². The molecule has 2 aromatic carbocycles. The monoisotopic (exact) mass is 465 g/mol. The van der Waals surface area contributed by atoms with Crippen molar-refractivity contribution in [2.24, 2.45) is 0 Å². The largest absolute Gasteiger partial charge is 0.497 e. The number of alkyl halides is 3. The molecule has 1 fully saturated rings. The van der Waals surface area contributed by atoms with Crippen LogP contribution in [0, 0.1) is 0 Å². The molecule has 0 radical (unpaired) electrons. The highest BCUT2D eigenvalue weighted by Gasteiger charge is 2.33. The zero-order valence-electron chi connectivity index (χ0n) is 18.2. The first kappa shape index (κ1) is 24.5. The molecule has 1 N–H and O–H groups in total. The maximum atomic E-state index is 13.1. The second kappa shape index (κ2) is 11.2. The van der Waals surface area contributed by atoms with Crippen molar-refractivity contribution >= 4 is 17.5 Å². The van der Waals surface area contributed by atoms with E-state index in [2.05, 4.69) is 5.32 Å². The van der Waals surface area contributed by atoms with Gasteiger partial charge in [-0.15, -0.1) is 0 Å². The number of methoxy groups -OCH3 is 1. The van der Waals surface area contributed by atoms with Crippen molar-refractivity contribution in [3.63, 3.8) is 0 Å². The molecule has 2 aromatic rings. The molecule has 0 bridgehead atoms. The van der Waals surface area contributed by atoms with Crippen LogP contribution < -0.4 is 10.1 Å². The lowest BCUT2D eigenvalue weighted by molar-refractivity contribution is -0.138. The Morgan fingerprint density at radius 1 is 1.03 bits per heavy atom. The first-order chi connectivity index (χ1) is 15.8. The number of hydrogen-bond acceptors (Lipinski definition) is 5. The lowest BCUT2D eigenvalue weighted by Gasteiger charge is -2.34. The predicted molar refractivity (Wildman–Crippen MR) is 116 cm³/mol. The molecule has 0 aliphatic carbocycles. The van der Waals surface area contributed by atoms with E-state index in [9.17, 15) is 22.8 Å². The molecule has 178 valence electrons. The average Bonchev–Trinajstić information content (AvgIpc) is 2.79. The van der Waals surface area contributed by atoms with Gasteiger partial charge in [0.05, 0.1) is 31.5 Å². The van der Waals surface area contributed by atoms with Gasteiger partial charge in [-0.25, -0.2) is 0 Å². The summed E-state index contributed by atoms with van der Waals surface area (Å²) in [6.07, 6.45) is -4.55. The van der Waals surface area contributed by atoms with Crippen LogP contribution in [-0.4, -0.2) is 68.1 Å². The van der Waals surface area contributed by atoms with Gasteiger partial charge >= 0.3 is 6.18 Å². The van der Waals surface area contributed by atoms with Crippen molar-refractivity contribution < 1.29 is 32.2 Å². The summed E-state index contributed by atoms with van der Waals surface area (Å²) in [5.41, 5.74) is -0.259. The fraction of sp³-hybridized carbons (Fsp3) is 0.391. The highest BCUT2D eigenvalue weighted by molar-refractivity contribution is 5.93. The smallest absolute Gasteiger partial charge is 0.418 e. The van der Waals surface area contributed by atoms with E-state index in [4.69, 9.17) is 9.47 Å². The van der Waals surface area contributed by atoms with Crippen LogP contribution in [0.3, 0.4) is 0 Å². The van der Waals surface area contributed by atoms with Gasteiger partial charge in [-0.1, -0.05) is 24.3 Å². The van der Waals surface area contributed by atoms with E-state index in [1.54, 1.807) is 16.9 Å². The minimum absolute atomic E-state index is 0.0550. The van der Waals surface area contributed by atoms with E-state index in [0.29, 0.717) is 31.9 Å². The highest BCUT2D eigenvalue weighted by atomic mass is 19.4. The molecule has 33 heavy (non-hydrogen) atoms. The van der Waals surface area contributed by atoms with Crippen LogP contribution in [0.2, 0.25) is 0 Å². The second-order valence-corrected chi connectivity index (χ2v) is 7.59. The Labute approximate surface area is 190 Å². The lowest BCUT2D eigenvalue weighted by Crippen LogP contribution is -2.51. The van der Waals surface area contributed by atoms with Crippen LogP contribution in [0.5, 0.6) is 5.75 Å². The number of rotatable bonds is 8. The number of anilines is 1. The Bertz CT molecular complexity index is 960. The number of amides is 2. The number of ether oxygens (including phenoxy) is 2. The third-order valence-electron chi connectivity index (χ3n) is 5.23. The first-order valence-corrected chi connectivity index (χ1v) is 10.4. The Hall–Kier alpha value is -3.11. The third kappa shape index (κ3) is 7.19. The van der Waals surface area contributed by atoms with Crippen LogP contribution in [0.1, 0.15) is 11.1 Å². The molecule has 0 unspecified atom stereocenters. The first-order valence-electron chi connectivity index (χ1n) is 10.4. The molecule has 7 nitrogen and oxygen atoms in total. The van der Waals surface area contributed by atoms with Crippen molar-refractivity contribution in [2.75, 3.05) is 51.8 Å². The number of carbonyl (C=O) groups is 2. The van der Waals surface area contributed by atoms with Gasteiger partial charge in [0.2, 0.25) is 11.8 Å². The Balaban J connectivity index is 1.40. The average molecular weight is 465 g/mol. The Kier molecular flexibility index (Phi) is 8.29. The summed E-state index contributed by atoms with van der Waals surface area (Å²) in [6.45, 7) is 1.86. The van der Waals surface area contributed by atoms with E-state index in [-0.39, 0.29) is 31.4 Å². The van der Waals surface area contributed by atoms with Crippen LogP contribution in [0.4, 0.5) is 18.9 Å². The van der Waals surface area contributed by atoms with Crippen LogP contribution in [0.25, 0.3) is 0 Å². The summed E-state index contributed by atoms with van der Waals surface area (Å²) in [5, 5.41) is 2.34. The summed E-state index contributed by atoms with van der Waals surface area (Å²) in [5.74, 6) is 0.0266. The molecule has 1 aliphatic rings. The maximum absolute atomic E-state index is 13.1. The van der Waals surface area contributed by atoms with Crippen molar-refractivity contribution in [3.05, 3.63) is 59.7 Å². The number of nitrogens with zero attached hydrogens (tertiary/aromatic N) is 2. The fourth-order valence-electron chi connectivity index (χ4n) is 3.50. The standard InChI is InChI=1S/C23H26F3N3O4/c1-32-18-6-4-5-17(13-18)15-33-16-22(31)29-11-9-28(10-12-29)14-21(30)27-20-8-3-2-7-19(20)23(24,25)26/h2-8,13H,9-12,14-16H2,1H3,(H,27,30). The van der Waals surface area contributed by atoms with Crippen molar-refractivity contribution in [2.45, 2.75) is 12.8 Å². The number of benzene rings is 2. The third-order valence-corrected chi connectivity index (χ3v) is 5.23. The SMILES string of the molecule is COc1cccc(COCC(=O)N2CCN(CC(=O)Nc3ccccc3C(F)(F)F)CC2)c1. The molecule has 3 rings (SSSR count). The van der Waals surface area contributed by atoms with Crippen LogP contribution >= 0.6 is 0 Å². The van der Waals surface area contributed by atoms with E-state index in [0.717, 1.165) is 11.6 Å². The van der Waals surface area contributed by atoms with Gasteiger partial charge < -0.3 is 19.7 Å². The zero-order valence-corrected chi connectivity index (χ0v) is 18.2. The van der Waals surface area contributed by atoms with Crippen LogP contribution in [0.15, 0.2) is 48.5 Å². The topological polar surface area (TPSA) is 71.1 Å². The molecule has 10 heteroatoms. The predicted octanol–water partition coefficient (Wildman–Crippen LogP) is 3.01. The van der Waals surface area contributed by atoms with Gasteiger partial charge in [-0.2, -0.15) is 13.2 Å². The van der Waals surface area contributed by atoms with Gasteiger partial charge in [-0.05, 0) is 29.8 Å². The summed E-state index contributed by atoms with van der Waals surface area (Å²) in [6, 6.07) is 12.2. The van der Waals surface area contributed by atoms with Gasteiger partial charge in [0.15, 0.2) is 0 Å². The molecule has 0 atom stereocenters. The molecule has 2 amide bonds. The molecular formula is C23H26F3N3O4. The van der Waals surface area contributed by atoms with Gasteiger partial charge in [-0.3, -0.25) is 14.5 Å². The zero-order chi connectivity index (χ0) is 23.8. The summed E-state index contributed by atoms with van der Waals surface area (Å²) in [7, 11) is 1.58. The minimum atomic E-state index is -4.55. The highest BCUT2D eigenvalue weighted by Crippen LogP contribution is 2.34. The summed E-state index contributed by atoms with van der Waals surface area (Å²) < 4.78 is 49.9. The number of piperazine rings is 1. The number of carbonyl (C=O) groups excluding carboxylic acids is 2. The summed E-state index contributed by atoms with van der Waals surface area (Å²) in [4.78, 5) is 28.1. The van der Waals surface area contributed by atoms with Crippen molar-refractivity contribution in [1.82, 2.24) is 9.80 Å². The molecule has 1 heterocycles.